The highest BCUT2D eigenvalue weighted by molar-refractivity contribution is 9.10. The number of hydrogen-bond donors (Lipinski definition) is 0. The summed E-state index contributed by atoms with van der Waals surface area (Å²) < 4.78 is 6.23. The molecular weight excluding hydrogens is 486 g/mol. The molecule has 0 saturated carbocycles. The smallest absolute Gasteiger partial charge is 0.0731 e. The second-order valence-electron chi connectivity index (χ2n) is 8.32. The molecule has 0 atom stereocenters. The summed E-state index contributed by atoms with van der Waals surface area (Å²) in [5.41, 5.74) is 6.15. The lowest BCUT2D eigenvalue weighted by molar-refractivity contribution is 1.19. The SMILES string of the molecule is Brc1cc2c3ccccc3sc2c2c1c1ccccc1n2-c1ccc(-c2ccccc2)cc1. The first-order chi connectivity index (χ1) is 16.3. The number of aromatic nitrogens is 1. The Kier molecular flexibility index (Phi) is 4.23. The monoisotopic (exact) mass is 503 g/mol. The van der Waals surface area contributed by atoms with E-state index in [1.165, 1.54) is 58.8 Å². The van der Waals surface area contributed by atoms with Crippen molar-refractivity contribution in [3.63, 3.8) is 0 Å². The predicted molar refractivity (Wildman–Crippen MR) is 147 cm³/mol. The lowest BCUT2D eigenvalue weighted by atomic mass is 10.1. The summed E-state index contributed by atoms with van der Waals surface area (Å²) in [5, 5.41) is 5.17. The van der Waals surface area contributed by atoms with Gasteiger partial charge < -0.3 is 4.57 Å². The van der Waals surface area contributed by atoms with Crippen LogP contribution in [0.3, 0.4) is 0 Å². The molecule has 0 spiro atoms. The number of hydrogen-bond acceptors (Lipinski definition) is 1. The van der Waals surface area contributed by atoms with E-state index in [0.29, 0.717) is 0 Å². The van der Waals surface area contributed by atoms with Crippen LogP contribution < -0.4 is 0 Å². The van der Waals surface area contributed by atoms with E-state index in [2.05, 4.69) is 130 Å². The Balaban J connectivity index is 1.60. The van der Waals surface area contributed by atoms with E-state index in [9.17, 15) is 0 Å². The van der Waals surface area contributed by atoms with Gasteiger partial charge in [-0.05, 0) is 41.5 Å². The summed E-state index contributed by atoms with van der Waals surface area (Å²) in [6, 6.07) is 39.2. The van der Waals surface area contributed by atoms with Crippen LogP contribution in [0.15, 0.2) is 114 Å². The highest BCUT2D eigenvalue weighted by atomic mass is 79.9. The molecule has 7 rings (SSSR count). The summed E-state index contributed by atoms with van der Waals surface area (Å²) in [7, 11) is 0. The maximum absolute atomic E-state index is 3.93. The van der Waals surface area contributed by atoms with Crippen molar-refractivity contribution in [2.75, 3.05) is 0 Å². The summed E-state index contributed by atoms with van der Waals surface area (Å²) in [5.74, 6) is 0. The van der Waals surface area contributed by atoms with Gasteiger partial charge >= 0.3 is 0 Å². The van der Waals surface area contributed by atoms with Gasteiger partial charge in [0.05, 0.1) is 15.7 Å². The van der Waals surface area contributed by atoms with Crippen LogP contribution in [0, 0.1) is 0 Å². The van der Waals surface area contributed by atoms with E-state index in [1.807, 2.05) is 11.3 Å². The molecule has 0 N–H and O–H groups in total. The quantitative estimate of drug-likeness (QED) is 0.221. The van der Waals surface area contributed by atoms with Gasteiger partial charge in [-0.2, -0.15) is 0 Å². The van der Waals surface area contributed by atoms with Gasteiger partial charge in [-0.25, -0.2) is 0 Å². The third kappa shape index (κ3) is 2.83. The van der Waals surface area contributed by atoms with Crippen molar-refractivity contribution in [3.8, 4) is 16.8 Å². The minimum atomic E-state index is 1.14. The molecule has 0 radical (unpaired) electrons. The Hall–Kier alpha value is -3.40. The zero-order chi connectivity index (χ0) is 21.9. The van der Waals surface area contributed by atoms with Crippen molar-refractivity contribution in [2.45, 2.75) is 0 Å². The zero-order valence-corrected chi connectivity index (χ0v) is 20.0. The normalized spacial score (nSPS) is 11.8. The van der Waals surface area contributed by atoms with Gasteiger partial charge in [0.1, 0.15) is 0 Å². The van der Waals surface area contributed by atoms with Gasteiger partial charge in [0.15, 0.2) is 0 Å². The van der Waals surface area contributed by atoms with Crippen molar-refractivity contribution in [2.24, 2.45) is 0 Å². The Morgan fingerprint density at radius 3 is 2.09 bits per heavy atom. The molecule has 0 fully saturated rings. The Labute approximate surface area is 203 Å². The van der Waals surface area contributed by atoms with E-state index in [4.69, 9.17) is 0 Å². The molecule has 0 unspecified atom stereocenters. The zero-order valence-electron chi connectivity index (χ0n) is 17.6. The topological polar surface area (TPSA) is 4.93 Å². The van der Waals surface area contributed by atoms with E-state index in [1.54, 1.807) is 0 Å². The highest BCUT2D eigenvalue weighted by Gasteiger charge is 2.20. The lowest BCUT2D eigenvalue weighted by Gasteiger charge is -2.10. The summed E-state index contributed by atoms with van der Waals surface area (Å²) in [6.07, 6.45) is 0. The Bertz CT molecular complexity index is 1810. The summed E-state index contributed by atoms with van der Waals surface area (Å²) in [4.78, 5) is 0. The third-order valence-electron chi connectivity index (χ3n) is 6.47. The molecule has 3 heteroatoms. The number of rotatable bonds is 2. The molecule has 0 aliphatic carbocycles. The molecule has 2 aromatic heterocycles. The number of fused-ring (bicyclic) bond motifs is 7. The van der Waals surface area contributed by atoms with Gasteiger partial charge in [0.2, 0.25) is 0 Å². The lowest BCUT2D eigenvalue weighted by Crippen LogP contribution is -1.94. The summed E-state index contributed by atoms with van der Waals surface area (Å²) >= 11 is 5.81. The molecule has 5 aromatic carbocycles. The number of halogens is 1. The van der Waals surface area contributed by atoms with Crippen molar-refractivity contribution >= 4 is 69.2 Å². The second kappa shape index (κ2) is 7.31. The molecule has 0 aliphatic heterocycles. The molecule has 33 heavy (non-hydrogen) atoms. The van der Waals surface area contributed by atoms with E-state index in [-0.39, 0.29) is 0 Å². The number of thiophene rings is 1. The van der Waals surface area contributed by atoms with Crippen molar-refractivity contribution < 1.29 is 0 Å². The first-order valence-electron chi connectivity index (χ1n) is 11.0. The molecule has 0 saturated heterocycles. The van der Waals surface area contributed by atoms with Crippen LogP contribution in [0.25, 0.3) is 58.8 Å². The van der Waals surface area contributed by atoms with Crippen LogP contribution in [-0.4, -0.2) is 4.57 Å². The van der Waals surface area contributed by atoms with E-state index in [0.717, 1.165) is 4.47 Å². The number of para-hydroxylation sites is 1. The largest absolute Gasteiger partial charge is 0.308 e. The Morgan fingerprint density at radius 1 is 0.606 bits per heavy atom. The Morgan fingerprint density at radius 2 is 1.27 bits per heavy atom. The van der Waals surface area contributed by atoms with Crippen LogP contribution in [0.1, 0.15) is 0 Å². The van der Waals surface area contributed by atoms with E-state index < -0.39 is 0 Å². The van der Waals surface area contributed by atoms with Crippen LogP contribution in [-0.2, 0) is 0 Å². The second-order valence-corrected chi connectivity index (χ2v) is 10.2. The minimum Gasteiger partial charge on any atom is -0.308 e. The fourth-order valence-electron chi connectivity index (χ4n) is 4.98. The molecule has 1 nitrogen and oxygen atoms in total. The van der Waals surface area contributed by atoms with Gasteiger partial charge in [-0.15, -0.1) is 11.3 Å². The maximum Gasteiger partial charge on any atom is 0.0731 e. The van der Waals surface area contributed by atoms with Gasteiger partial charge in [0.25, 0.3) is 0 Å². The first-order valence-corrected chi connectivity index (χ1v) is 12.6. The van der Waals surface area contributed by atoms with Crippen molar-refractivity contribution in [3.05, 3.63) is 114 Å². The average molecular weight is 504 g/mol. The van der Waals surface area contributed by atoms with Gasteiger partial charge in [0, 0.05) is 36.4 Å². The molecule has 0 bridgehead atoms. The van der Waals surface area contributed by atoms with Gasteiger partial charge in [-0.1, -0.05) is 94.8 Å². The van der Waals surface area contributed by atoms with Crippen LogP contribution in [0.2, 0.25) is 0 Å². The van der Waals surface area contributed by atoms with E-state index >= 15 is 0 Å². The number of nitrogens with zero attached hydrogens (tertiary/aromatic N) is 1. The molecule has 0 amide bonds. The first kappa shape index (κ1) is 19.1. The molecule has 7 aromatic rings. The predicted octanol–water partition coefficient (Wildman–Crippen LogP) is 9.58. The average Bonchev–Trinajstić information content (AvgIpc) is 3.41. The standard InChI is InChI=1S/C30H18BrNS/c31-25-18-24-22-10-5-7-13-27(22)33-30(24)29-28(25)23-11-4-6-12-26(23)32(29)21-16-14-20(15-17-21)19-8-2-1-3-9-19/h1-18H. The molecule has 2 heterocycles. The van der Waals surface area contributed by atoms with Crippen molar-refractivity contribution in [1.29, 1.82) is 0 Å². The van der Waals surface area contributed by atoms with Crippen LogP contribution in [0.5, 0.6) is 0 Å². The minimum absolute atomic E-state index is 1.14. The maximum atomic E-state index is 3.93. The third-order valence-corrected chi connectivity index (χ3v) is 8.28. The number of benzene rings is 5. The van der Waals surface area contributed by atoms with Crippen LogP contribution >= 0.6 is 27.3 Å². The van der Waals surface area contributed by atoms with Gasteiger partial charge in [-0.3, -0.25) is 0 Å². The summed E-state index contributed by atoms with van der Waals surface area (Å²) in [6.45, 7) is 0. The molecular formula is C30H18BrNS. The fraction of sp³-hybridized carbons (Fsp3) is 0. The van der Waals surface area contributed by atoms with Crippen molar-refractivity contribution in [1.82, 2.24) is 4.57 Å². The van der Waals surface area contributed by atoms with Crippen LogP contribution in [0.4, 0.5) is 0 Å². The fourth-order valence-corrected chi connectivity index (χ4v) is 6.84. The molecule has 156 valence electrons. The molecule has 0 aliphatic rings. The highest BCUT2D eigenvalue weighted by Crippen LogP contribution is 2.46.